The summed E-state index contributed by atoms with van der Waals surface area (Å²) in [6.07, 6.45) is 0.861. The van der Waals surface area contributed by atoms with E-state index in [0.29, 0.717) is 43.8 Å². The summed E-state index contributed by atoms with van der Waals surface area (Å²) in [5.41, 5.74) is 3.03. The van der Waals surface area contributed by atoms with Crippen LogP contribution in [0.1, 0.15) is 12.1 Å². The van der Waals surface area contributed by atoms with Crippen molar-refractivity contribution in [2.75, 3.05) is 26.4 Å². The molecule has 1 unspecified atom stereocenters. The first kappa shape index (κ1) is 13.1. The summed E-state index contributed by atoms with van der Waals surface area (Å²) in [6.45, 7) is 2.18. The maximum absolute atomic E-state index is 11.7. The Kier molecular flexibility index (Phi) is 3.98. The van der Waals surface area contributed by atoms with Crippen LogP contribution in [-0.2, 0) is 20.8 Å². The predicted molar refractivity (Wildman–Crippen MR) is 67.4 cm³/mol. The molecular formula is C13H16N2O5. The topological polar surface area (TPSA) is 78.9 Å². The molecule has 20 heavy (non-hydrogen) atoms. The predicted octanol–water partition coefficient (Wildman–Crippen LogP) is 0.232. The number of ether oxygens (including phenoxy) is 3. The van der Waals surface area contributed by atoms with Crippen LogP contribution in [0.25, 0.3) is 0 Å². The van der Waals surface area contributed by atoms with E-state index in [-0.39, 0.29) is 18.4 Å². The summed E-state index contributed by atoms with van der Waals surface area (Å²) in [6, 6.07) is 3.50. The van der Waals surface area contributed by atoms with E-state index in [1.165, 1.54) is 0 Å². The van der Waals surface area contributed by atoms with Crippen LogP contribution in [0.4, 0.5) is 0 Å². The lowest BCUT2D eigenvalue weighted by Gasteiger charge is -2.17. The highest BCUT2D eigenvalue weighted by molar-refractivity contribution is 5.77. The van der Waals surface area contributed by atoms with Gasteiger partial charge in [-0.2, -0.15) is 0 Å². The SMILES string of the molecule is O=C(Cc1ccc2c(n1)OCCO2)NOC1CCOC1. The van der Waals surface area contributed by atoms with Crippen LogP contribution in [0.3, 0.4) is 0 Å². The van der Waals surface area contributed by atoms with Gasteiger partial charge >= 0.3 is 0 Å². The molecule has 1 fully saturated rings. The Morgan fingerprint density at radius 2 is 2.25 bits per heavy atom. The molecule has 0 saturated carbocycles. The number of fused-ring (bicyclic) bond motifs is 1. The van der Waals surface area contributed by atoms with Crippen molar-refractivity contribution in [2.45, 2.75) is 18.9 Å². The molecule has 1 aromatic heterocycles. The number of aromatic nitrogens is 1. The van der Waals surface area contributed by atoms with Crippen LogP contribution in [-0.4, -0.2) is 43.4 Å². The number of hydrogen-bond acceptors (Lipinski definition) is 6. The lowest BCUT2D eigenvalue weighted by Crippen LogP contribution is -2.31. The minimum absolute atomic E-state index is 0.0628. The first-order chi connectivity index (χ1) is 9.81. The van der Waals surface area contributed by atoms with Gasteiger partial charge in [-0.3, -0.25) is 9.63 Å². The zero-order valence-corrected chi connectivity index (χ0v) is 11.0. The van der Waals surface area contributed by atoms with Gasteiger partial charge in [-0.1, -0.05) is 0 Å². The van der Waals surface area contributed by atoms with E-state index >= 15 is 0 Å². The van der Waals surface area contributed by atoms with Gasteiger partial charge in [0.1, 0.15) is 19.3 Å². The number of hydroxylamine groups is 1. The van der Waals surface area contributed by atoms with E-state index in [1.54, 1.807) is 12.1 Å². The van der Waals surface area contributed by atoms with Gasteiger partial charge in [0.05, 0.1) is 18.7 Å². The fourth-order valence-corrected chi connectivity index (χ4v) is 2.02. The molecule has 1 atom stereocenters. The monoisotopic (exact) mass is 280 g/mol. The fraction of sp³-hybridized carbons (Fsp3) is 0.538. The number of nitrogens with zero attached hydrogens (tertiary/aromatic N) is 1. The molecule has 7 heteroatoms. The largest absolute Gasteiger partial charge is 0.484 e. The third-order valence-electron chi connectivity index (χ3n) is 3.03. The molecule has 2 aliphatic heterocycles. The molecule has 3 heterocycles. The second kappa shape index (κ2) is 6.06. The van der Waals surface area contributed by atoms with Gasteiger partial charge in [-0.15, -0.1) is 0 Å². The van der Waals surface area contributed by atoms with Crippen LogP contribution in [0.15, 0.2) is 12.1 Å². The molecule has 0 spiro atoms. The van der Waals surface area contributed by atoms with E-state index < -0.39 is 0 Å². The molecule has 0 bridgehead atoms. The first-order valence-electron chi connectivity index (χ1n) is 6.59. The van der Waals surface area contributed by atoms with E-state index in [9.17, 15) is 4.79 Å². The van der Waals surface area contributed by atoms with Gasteiger partial charge in [0.15, 0.2) is 5.75 Å². The minimum atomic E-state index is -0.249. The summed E-state index contributed by atoms with van der Waals surface area (Å²) >= 11 is 0. The highest BCUT2D eigenvalue weighted by atomic mass is 16.7. The van der Waals surface area contributed by atoms with Crippen LogP contribution in [0.2, 0.25) is 0 Å². The quantitative estimate of drug-likeness (QED) is 0.796. The average Bonchev–Trinajstić information content (AvgIpc) is 2.98. The Hall–Kier alpha value is -1.86. The molecule has 0 aromatic carbocycles. The van der Waals surface area contributed by atoms with Gasteiger partial charge in [-0.25, -0.2) is 10.5 Å². The van der Waals surface area contributed by atoms with Crippen LogP contribution >= 0.6 is 0 Å². The lowest BCUT2D eigenvalue weighted by atomic mass is 10.2. The summed E-state index contributed by atoms with van der Waals surface area (Å²) < 4.78 is 15.9. The van der Waals surface area contributed by atoms with Crippen molar-refractivity contribution >= 4 is 5.91 Å². The third-order valence-corrected chi connectivity index (χ3v) is 3.03. The number of amides is 1. The summed E-state index contributed by atoms with van der Waals surface area (Å²) in [5.74, 6) is 0.799. The molecule has 108 valence electrons. The molecule has 1 saturated heterocycles. The minimum Gasteiger partial charge on any atom is -0.484 e. The number of pyridine rings is 1. The Balaban J connectivity index is 1.52. The number of nitrogens with one attached hydrogen (secondary N) is 1. The second-order valence-electron chi connectivity index (χ2n) is 4.61. The standard InChI is InChI=1S/C13H16N2O5/c16-12(15-20-10-3-4-17-8-10)7-9-1-2-11-13(14-9)19-6-5-18-11/h1-2,10H,3-8H2,(H,15,16). The number of carbonyl (C=O) groups is 1. The van der Waals surface area contributed by atoms with Gasteiger partial charge < -0.3 is 14.2 Å². The van der Waals surface area contributed by atoms with Crippen LogP contribution in [0, 0.1) is 0 Å². The van der Waals surface area contributed by atoms with E-state index in [0.717, 1.165) is 6.42 Å². The van der Waals surface area contributed by atoms with Gasteiger partial charge in [0.2, 0.25) is 5.91 Å². The van der Waals surface area contributed by atoms with Crippen LogP contribution < -0.4 is 15.0 Å². The van der Waals surface area contributed by atoms with Crippen molar-refractivity contribution in [1.29, 1.82) is 0 Å². The summed E-state index contributed by atoms with van der Waals surface area (Å²) in [5, 5.41) is 0. The third kappa shape index (κ3) is 3.17. The van der Waals surface area contributed by atoms with E-state index in [4.69, 9.17) is 19.0 Å². The molecular weight excluding hydrogens is 264 g/mol. The highest BCUT2D eigenvalue weighted by Crippen LogP contribution is 2.27. The Bertz CT molecular complexity index is 488. The molecule has 1 N–H and O–H groups in total. The zero-order chi connectivity index (χ0) is 13.8. The highest BCUT2D eigenvalue weighted by Gasteiger charge is 2.18. The molecule has 1 aromatic rings. The fourth-order valence-electron chi connectivity index (χ4n) is 2.02. The van der Waals surface area contributed by atoms with Crippen LogP contribution in [0.5, 0.6) is 11.6 Å². The van der Waals surface area contributed by atoms with Crippen molar-refractivity contribution in [3.8, 4) is 11.6 Å². The smallest absolute Gasteiger partial charge is 0.257 e. The van der Waals surface area contributed by atoms with Gasteiger partial charge in [0.25, 0.3) is 5.88 Å². The van der Waals surface area contributed by atoms with E-state index in [1.807, 2.05) is 0 Å². The van der Waals surface area contributed by atoms with Crippen molar-refractivity contribution in [3.05, 3.63) is 17.8 Å². The number of hydrogen-bond donors (Lipinski definition) is 1. The Morgan fingerprint density at radius 3 is 3.10 bits per heavy atom. The molecule has 3 rings (SSSR count). The summed E-state index contributed by atoms with van der Waals surface area (Å²) in [7, 11) is 0. The molecule has 2 aliphatic rings. The Morgan fingerprint density at radius 1 is 1.35 bits per heavy atom. The number of rotatable bonds is 4. The molecule has 0 aliphatic carbocycles. The van der Waals surface area contributed by atoms with Crippen molar-refractivity contribution in [3.63, 3.8) is 0 Å². The molecule has 1 amide bonds. The lowest BCUT2D eigenvalue weighted by molar-refractivity contribution is -0.137. The van der Waals surface area contributed by atoms with Crippen molar-refractivity contribution < 1.29 is 23.8 Å². The maximum atomic E-state index is 11.7. The first-order valence-corrected chi connectivity index (χ1v) is 6.59. The molecule has 0 radical (unpaired) electrons. The summed E-state index contributed by atoms with van der Waals surface area (Å²) in [4.78, 5) is 21.2. The second-order valence-corrected chi connectivity index (χ2v) is 4.61. The van der Waals surface area contributed by atoms with Gasteiger partial charge in [0, 0.05) is 13.0 Å². The number of carbonyl (C=O) groups excluding carboxylic acids is 1. The molecule has 7 nitrogen and oxygen atoms in total. The maximum Gasteiger partial charge on any atom is 0.257 e. The van der Waals surface area contributed by atoms with Gasteiger partial charge in [-0.05, 0) is 12.1 Å². The zero-order valence-electron chi connectivity index (χ0n) is 11.0. The van der Waals surface area contributed by atoms with E-state index in [2.05, 4.69) is 10.5 Å². The Labute approximate surface area is 116 Å². The van der Waals surface area contributed by atoms with Crippen molar-refractivity contribution in [2.24, 2.45) is 0 Å². The normalized spacial score (nSPS) is 20.7. The van der Waals surface area contributed by atoms with Crippen molar-refractivity contribution in [1.82, 2.24) is 10.5 Å². The average molecular weight is 280 g/mol.